The van der Waals surface area contributed by atoms with Crippen molar-refractivity contribution in [1.29, 1.82) is 0 Å². The highest BCUT2D eigenvalue weighted by Gasteiger charge is 2.22. The van der Waals surface area contributed by atoms with Gasteiger partial charge in [-0.3, -0.25) is 4.79 Å². The third-order valence-corrected chi connectivity index (χ3v) is 4.12. The largest absolute Gasteiger partial charge is 0.352 e. The summed E-state index contributed by atoms with van der Waals surface area (Å²) in [6.07, 6.45) is 11.0. The monoisotopic (exact) mass is 274 g/mol. The number of carbonyl (C=O) groups is 1. The molecule has 4 heteroatoms. The average Bonchev–Trinajstić information content (AvgIpc) is 2.29. The number of hydrogen-bond donors (Lipinski definition) is 2. The maximum absolute atomic E-state index is 12.2. The molecule has 1 aliphatic heterocycles. The van der Waals surface area contributed by atoms with Gasteiger partial charge in [-0.15, -0.1) is 12.4 Å². The van der Waals surface area contributed by atoms with Gasteiger partial charge in [0.2, 0.25) is 5.91 Å². The van der Waals surface area contributed by atoms with E-state index in [1.807, 2.05) is 0 Å². The number of hydrogen-bond acceptors (Lipinski definition) is 2. The molecule has 0 spiro atoms. The second-order valence-corrected chi connectivity index (χ2v) is 5.59. The third kappa shape index (κ3) is 5.15. The molecule has 2 fully saturated rings. The number of nitrogens with one attached hydrogen (secondary N) is 2. The first-order valence-electron chi connectivity index (χ1n) is 7.37. The molecule has 0 aromatic carbocycles. The van der Waals surface area contributed by atoms with Gasteiger partial charge in [0.05, 0.1) is 0 Å². The van der Waals surface area contributed by atoms with Crippen molar-refractivity contribution in [2.24, 2.45) is 5.92 Å². The number of rotatable bonds is 2. The summed E-state index contributed by atoms with van der Waals surface area (Å²) in [4.78, 5) is 12.2. The summed E-state index contributed by atoms with van der Waals surface area (Å²) in [5.74, 6) is 0.609. The molecule has 2 aliphatic rings. The minimum absolute atomic E-state index is 0. The molecule has 1 heterocycles. The van der Waals surface area contributed by atoms with E-state index < -0.39 is 0 Å². The second kappa shape index (κ2) is 8.76. The first kappa shape index (κ1) is 15.8. The molecule has 2 N–H and O–H groups in total. The lowest BCUT2D eigenvalue weighted by Crippen LogP contribution is -2.47. The Morgan fingerprint density at radius 1 is 0.944 bits per heavy atom. The van der Waals surface area contributed by atoms with Crippen LogP contribution in [0.1, 0.15) is 57.8 Å². The van der Waals surface area contributed by atoms with E-state index in [0.29, 0.717) is 11.9 Å². The van der Waals surface area contributed by atoms with E-state index >= 15 is 0 Å². The van der Waals surface area contributed by atoms with Crippen molar-refractivity contribution in [1.82, 2.24) is 10.6 Å². The molecule has 0 bridgehead atoms. The summed E-state index contributed by atoms with van der Waals surface area (Å²) in [5, 5.41) is 6.59. The van der Waals surface area contributed by atoms with Gasteiger partial charge in [0.15, 0.2) is 0 Å². The van der Waals surface area contributed by atoms with Gasteiger partial charge in [0.1, 0.15) is 0 Å². The molecule has 2 rings (SSSR count). The molecule has 1 amide bonds. The predicted molar refractivity (Wildman–Crippen MR) is 77.1 cm³/mol. The van der Waals surface area contributed by atoms with Crippen LogP contribution < -0.4 is 10.6 Å². The van der Waals surface area contributed by atoms with Gasteiger partial charge < -0.3 is 10.6 Å². The average molecular weight is 275 g/mol. The molecule has 1 atom stereocenters. The third-order valence-electron chi connectivity index (χ3n) is 4.12. The summed E-state index contributed by atoms with van der Waals surface area (Å²) in [5.41, 5.74) is 0. The standard InChI is InChI=1S/C14H26N2O.ClH/c17-14(16-13-9-6-10-15-11-13)12-7-4-2-1-3-5-8-12;/h12-13,15H,1-11H2,(H,16,17);1H/t13-;/m0./s1. The highest BCUT2D eigenvalue weighted by atomic mass is 35.5. The maximum Gasteiger partial charge on any atom is 0.223 e. The van der Waals surface area contributed by atoms with Crippen LogP contribution in [0.25, 0.3) is 0 Å². The highest BCUT2D eigenvalue weighted by molar-refractivity contribution is 5.85. The van der Waals surface area contributed by atoms with Crippen LogP contribution in [0.15, 0.2) is 0 Å². The van der Waals surface area contributed by atoms with Crippen molar-refractivity contribution in [3.05, 3.63) is 0 Å². The van der Waals surface area contributed by atoms with E-state index in [9.17, 15) is 4.79 Å². The Hall–Kier alpha value is -0.280. The van der Waals surface area contributed by atoms with Crippen molar-refractivity contribution in [3.63, 3.8) is 0 Å². The summed E-state index contributed by atoms with van der Waals surface area (Å²) < 4.78 is 0. The number of amides is 1. The van der Waals surface area contributed by atoms with Gasteiger partial charge >= 0.3 is 0 Å². The quantitative estimate of drug-likeness (QED) is 0.813. The van der Waals surface area contributed by atoms with Gasteiger partial charge in [0.25, 0.3) is 0 Å². The molecule has 0 radical (unpaired) electrons. The highest BCUT2D eigenvalue weighted by Crippen LogP contribution is 2.22. The lowest BCUT2D eigenvalue weighted by molar-refractivity contribution is -0.126. The fourth-order valence-corrected chi connectivity index (χ4v) is 3.01. The number of halogens is 1. The summed E-state index contributed by atoms with van der Waals surface area (Å²) in [6, 6.07) is 0.377. The van der Waals surface area contributed by atoms with Crippen LogP contribution in [-0.2, 0) is 4.79 Å². The molecule has 18 heavy (non-hydrogen) atoms. The molecular formula is C14H27ClN2O. The smallest absolute Gasteiger partial charge is 0.223 e. The maximum atomic E-state index is 12.2. The van der Waals surface area contributed by atoms with Gasteiger partial charge in [-0.2, -0.15) is 0 Å². The lowest BCUT2D eigenvalue weighted by atomic mass is 9.90. The Morgan fingerprint density at radius 3 is 2.22 bits per heavy atom. The van der Waals surface area contributed by atoms with E-state index in [1.54, 1.807) is 0 Å². The van der Waals surface area contributed by atoms with Gasteiger partial charge in [-0.1, -0.05) is 32.1 Å². The van der Waals surface area contributed by atoms with Gasteiger partial charge in [-0.05, 0) is 32.2 Å². The Morgan fingerprint density at radius 2 is 1.61 bits per heavy atom. The molecule has 106 valence electrons. The Balaban J connectivity index is 0.00000162. The molecule has 1 saturated heterocycles. The molecule has 0 unspecified atom stereocenters. The molecule has 3 nitrogen and oxygen atoms in total. The minimum atomic E-state index is 0. The van der Waals surface area contributed by atoms with Crippen LogP contribution in [0, 0.1) is 5.92 Å². The molecule has 0 aromatic rings. The van der Waals surface area contributed by atoms with Crippen LogP contribution >= 0.6 is 12.4 Å². The van der Waals surface area contributed by atoms with Crippen LogP contribution in [0.4, 0.5) is 0 Å². The Kier molecular flexibility index (Phi) is 7.68. The first-order valence-corrected chi connectivity index (χ1v) is 7.37. The van der Waals surface area contributed by atoms with Crippen molar-refractivity contribution < 1.29 is 4.79 Å². The van der Waals surface area contributed by atoms with E-state index in [-0.39, 0.29) is 18.3 Å². The SMILES string of the molecule is Cl.O=C(N[C@H]1CCCNC1)C1CCCCCCC1. The van der Waals surface area contributed by atoms with Gasteiger partial charge in [0, 0.05) is 18.5 Å². The van der Waals surface area contributed by atoms with Crippen LogP contribution in [0.3, 0.4) is 0 Å². The zero-order chi connectivity index (χ0) is 11.9. The number of piperidine rings is 1. The topological polar surface area (TPSA) is 41.1 Å². The summed E-state index contributed by atoms with van der Waals surface area (Å²) in [6.45, 7) is 2.06. The van der Waals surface area contributed by atoms with Crippen molar-refractivity contribution in [3.8, 4) is 0 Å². The second-order valence-electron chi connectivity index (χ2n) is 5.59. The zero-order valence-corrected chi connectivity index (χ0v) is 12.1. The van der Waals surface area contributed by atoms with Crippen molar-refractivity contribution in [2.75, 3.05) is 13.1 Å². The normalized spacial score (nSPS) is 26.6. The lowest BCUT2D eigenvalue weighted by Gasteiger charge is -2.27. The zero-order valence-electron chi connectivity index (χ0n) is 11.2. The van der Waals surface area contributed by atoms with E-state index in [1.165, 1.54) is 38.5 Å². The Bertz CT molecular complexity index is 234. The van der Waals surface area contributed by atoms with E-state index in [4.69, 9.17) is 0 Å². The molecule has 1 saturated carbocycles. The Labute approximate surface area is 117 Å². The molecular weight excluding hydrogens is 248 g/mol. The van der Waals surface area contributed by atoms with Crippen LogP contribution in [0.5, 0.6) is 0 Å². The fraction of sp³-hybridized carbons (Fsp3) is 0.929. The van der Waals surface area contributed by atoms with E-state index in [2.05, 4.69) is 10.6 Å². The van der Waals surface area contributed by atoms with Crippen LogP contribution in [-0.4, -0.2) is 25.0 Å². The van der Waals surface area contributed by atoms with Crippen molar-refractivity contribution >= 4 is 18.3 Å². The fourth-order valence-electron chi connectivity index (χ4n) is 3.01. The molecule has 1 aliphatic carbocycles. The van der Waals surface area contributed by atoms with Gasteiger partial charge in [-0.25, -0.2) is 0 Å². The van der Waals surface area contributed by atoms with Crippen molar-refractivity contribution in [2.45, 2.75) is 63.8 Å². The van der Waals surface area contributed by atoms with Crippen LogP contribution in [0.2, 0.25) is 0 Å². The summed E-state index contributed by atoms with van der Waals surface area (Å²) >= 11 is 0. The minimum Gasteiger partial charge on any atom is -0.352 e. The molecule has 0 aromatic heterocycles. The number of carbonyl (C=O) groups excluding carboxylic acids is 1. The first-order chi connectivity index (χ1) is 8.36. The predicted octanol–water partition coefficient (Wildman–Crippen LogP) is 2.64. The summed E-state index contributed by atoms with van der Waals surface area (Å²) in [7, 11) is 0. The van der Waals surface area contributed by atoms with E-state index in [0.717, 1.165) is 32.4 Å².